The van der Waals surface area contributed by atoms with Crippen molar-refractivity contribution in [3.05, 3.63) is 101 Å². The number of amidine groups is 1. The summed E-state index contributed by atoms with van der Waals surface area (Å²) in [4.78, 5) is 4.58. The van der Waals surface area contributed by atoms with Crippen LogP contribution in [0.4, 0.5) is 0 Å². The topological polar surface area (TPSA) is 88.2 Å². The third-order valence-corrected chi connectivity index (χ3v) is 4.45. The SMILES string of the molecule is C=C(C)C(=N\C(=N)c1ccccc1)/C(=C/C)C(=C(\C)c1ccccc1)/C(N)N. The Morgan fingerprint density at radius 3 is 1.89 bits per heavy atom. The normalized spacial score (nSPS) is 13.4. The lowest BCUT2D eigenvalue weighted by Gasteiger charge is -2.21. The van der Waals surface area contributed by atoms with Crippen LogP contribution in [0.2, 0.25) is 0 Å². The molecule has 0 aromatic heterocycles. The number of allylic oxidation sites excluding steroid dienone is 3. The second kappa shape index (κ2) is 9.74. The molecule has 0 radical (unpaired) electrons. The maximum atomic E-state index is 8.41. The van der Waals surface area contributed by atoms with Crippen molar-refractivity contribution >= 4 is 17.1 Å². The van der Waals surface area contributed by atoms with Gasteiger partial charge in [0.15, 0.2) is 5.84 Å². The standard InChI is InChI=1S/C24H28N4/c1-5-20(21(23(25)26)17(4)18-12-8-6-9-13-18)22(16(2)3)28-24(27)19-14-10-7-11-15-19/h5-15,23,27H,2,25-26H2,1,3-4H3/b20-5+,21-17-,27-24?,28-22+. The van der Waals surface area contributed by atoms with Crippen molar-refractivity contribution in [2.45, 2.75) is 26.9 Å². The molecule has 0 fully saturated rings. The molecule has 0 spiro atoms. The van der Waals surface area contributed by atoms with Gasteiger partial charge in [-0.1, -0.05) is 73.3 Å². The molecule has 0 aliphatic heterocycles. The van der Waals surface area contributed by atoms with Crippen molar-refractivity contribution in [2.75, 3.05) is 0 Å². The highest BCUT2D eigenvalue weighted by atomic mass is 14.9. The number of hydrogen-bond donors (Lipinski definition) is 3. The van der Waals surface area contributed by atoms with Crippen LogP contribution in [-0.2, 0) is 0 Å². The van der Waals surface area contributed by atoms with Crippen LogP contribution in [0.3, 0.4) is 0 Å². The van der Waals surface area contributed by atoms with E-state index < -0.39 is 6.17 Å². The van der Waals surface area contributed by atoms with Gasteiger partial charge in [0.2, 0.25) is 0 Å². The highest BCUT2D eigenvalue weighted by Crippen LogP contribution is 2.27. The van der Waals surface area contributed by atoms with Gasteiger partial charge < -0.3 is 11.5 Å². The van der Waals surface area contributed by atoms with E-state index in [9.17, 15) is 0 Å². The summed E-state index contributed by atoms with van der Waals surface area (Å²) in [7, 11) is 0. The number of nitrogens with two attached hydrogens (primary N) is 2. The molecular formula is C24H28N4. The van der Waals surface area contributed by atoms with Gasteiger partial charge in [-0.15, -0.1) is 0 Å². The van der Waals surface area contributed by atoms with E-state index in [-0.39, 0.29) is 5.84 Å². The molecule has 0 aliphatic carbocycles. The van der Waals surface area contributed by atoms with E-state index in [0.29, 0.717) is 5.71 Å². The first kappa shape index (κ1) is 21.2. The van der Waals surface area contributed by atoms with Gasteiger partial charge in [-0.25, -0.2) is 4.99 Å². The minimum absolute atomic E-state index is 0.167. The summed E-state index contributed by atoms with van der Waals surface area (Å²) in [6.45, 7) is 9.86. The average molecular weight is 373 g/mol. The Bertz CT molecular complexity index is 933. The predicted molar refractivity (Wildman–Crippen MR) is 120 cm³/mol. The average Bonchev–Trinajstić information content (AvgIpc) is 2.70. The first-order valence-electron chi connectivity index (χ1n) is 9.19. The van der Waals surface area contributed by atoms with Crippen molar-refractivity contribution in [3.63, 3.8) is 0 Å². The van der Waals surface area contributed by atoms with E-state index in [1.807, 2.05) is 87.5 Å². The fourth-order valence-electron chi connectivity index (χ4n) is 3.05. The highest BCUT2D eigenvalue weighted by Gasteiger charge is 2.20. The van der Waals surface area contributed by atoms with E-state index in [1.165, 1.54) is 0 Å². The third-order valence-electron chi connectivity index (χ3n) is 4.45. The molecule has 4 nitrogen and oxygen atoms in total. The Morgan fingerprint density at radius 2 is 1.46 bits per heavy atom. The van der Waals surface area contributed by atoms with Gasteiger partial charge in [0.1, 0.15) is 0 Å². The Kier molecular flexibility index (Phi) is 7.38. The van der Waals surface area contributed by atoms with Gasteiger partial charge in [-0.2, -0.15) is 0 Å². The zero-order valence-corrected chi connectivity index (χ0v) is 16.7. The Balaban J connectivity index is 2.61. The largest absolute Gasteiger partial charge is 0.312 e. The molecular weight excluding hydrogens is 344 g/mol. The number of benzene rings is 2. The first-order chi connectivity index (χ1) is 13.4. The van der Waals surface area contributed by atoms with E-state index >= 15 is 0 Å². The van der Waals surface area contributed by atoms with Gasteiger partial charge in [-0.3, -0.25) is 5.41 Å². The van der Waals surface area contributed by atoms with Crippen molar-refractivity contribution in [1.29, 1.82) is 5.41 Å². The van der Waals surface area contributed by atoms with E-state index in [2.05, 4.69) is 11.6 Å². The van der Waals surface area contributed by atoms with Crippen molar-refractivity contribution in [1.82, 2.24) is 0 Å². The zero-order chi connectivity index (χ0) is 20.7. The monoisotopic (exact) mass is 372 g/mol. The number of hydrogen-bond acceptors (Lipinski definition) is 3. The summed E-state index contributed by atoms with van der Waals surface area (Å²) in [6.07, 6.45) is 1.24. The molecule has 28 heavy (non-hydrogen) atoms. The van der Waals surface area contributed by atoms with Crippen LogP contribution < -0.4 is 11.5 Å². The van der Waals surface area contributed by atoms with E-state index in [0.717, 1.165) is 33.4 Å². The summed E-state index contributed by atoms with van der Waals surface area (Å²) in [5, 5.41) is 8.41. The lowest BCUT2D eigenvalue weighted by atomic mass is 9.89. The summed E-state index contributed by atoms with van der Waals surface area (Å²) < 4.78 is 0. The number of nitrogens with one attached hydrogen (secondary N) is 1. The molecule has 0 atom stereocenters. The second-order valence-electron chi connectivity index (χ2n) is 6.59. The molecule has 2 rings (SSSR count). The molecule has 0 saturated carbocycles. The summed E-state index contributed by atoms with van der Waals surface area (Å²) in [6, 6.07) is 19.4. The van der Waals surface area contributed by atoms with E-state index in [4.69, 9.17) is 16.9 Å². The molecule has 4 heteroatoms. The Labute approximate surface area is 167 Å². The van der Waals surface area contributed by atoms with Crippen LogP contribution in [0, 0.1) is 5.41 Å². The smallest absolute Gasteiger partial charge is 0.152 e. The minimum Gasteiger partial charge on any atom is -0.312 e. The van der Waals surface area contributed by atoms with Crippen LogP contribution in [-0.4, -0.2) is 17.7 Å². The maximum Gasteiger partial charge on any atom is 0.152 e. The molecule has 0 heterocycles. The third kappa shape index (κ3) is 5.00. The van der Waals surface area contributed by atoms with Crippen LogP contribution in [0.5, 0.6) is 0 Å². The van der Waals surface area contributed by atoms with Crippen LogP contribution in [0.15, 0.2) is 95.0 Å². The molecule has 0 saturated heterocycles. The lowest BCUT2D eigenvalue weighted by molar-refractivity contribution is 0.834. The molecule has 144 valence electrons. The molecule has 5 N–H and O–H groups in total. The van der Waals surface area contributed by atoms with E-state index in [1.54, 1.807) is 0 Å². The number of nitrogens with zero attached hydrogens (tertiary/aromatic N) is 1. The molecule has 0 bridgehead atoms. The van der Waals surface area contributed by atoms with Crippen LogP contribution >= 0.6 is 0 Å². The Hall–Kier alpha value is -3.08. The number of rotatable bonds is 6. The number of aliphatic imine (C=N–C) groups is 1. The minimum atomic E-state index is -0.693. The summed E-state index contributed by atoms with van der Waals surface area (Å²) in [5.41, 5.74) is 18.0. The van der Waals surface area contributed by atoms with Crippen molar-refractivity contribution in [2.24, 2.45) is 16.5 Å². The van der Waals surface area contributed by atoms with Gasteiger partial charge >= 0.3 is 0 Å². The van der Waals surface area contributed by atoms with Gasteiger partial charge in [0.25, 0.3) is 0 Å². The second-order valence-corrected chi connectivity index (χ2v) is 6.59. The Morgan fingerprint density at radius 1 is 0.964 bits per heavy atom. The molecule has 0 amide bonds. The molecule has 0 aliphatic rings. The maximum absolute atomic E-state index is 8.41. The van der Waals surface area contributed by atoms with Crippen LogP contribution in [0.25, 0.3) is 5.57 Å². The van der Waals surface area contributed by atoms with Gasteiger partial charge in [-0.05, 0) is 43.1 Å². The van der Waals surface area contributed by atoms with Crippen molar-refractivity contribution < 1.29 is 0 Å². The quantitative estimate of drug-likeness (QED) is 0.297. The molecule has 2 aromatic rings. The fourth-order valence-corrected chi connectivity index (χ4v) is 3.05. The lowest BCUT2D eigenvalue weighted by Crippen LogP contribution is -2.35. The van der Waals surface area contributed by atoms with Crippen LogP contribution in [0.1, 0.15) is 31.9 Å². The van der Waals surface area contributed by atoms with Crippen molar-refractivity contribution in [3.8, 4) is 0 Å². The van der Waals surface area contributed by atoms with Gasteiger partial charge in [0, 0.05) is 11.1 Å². The summed E-state index contributed by atoms with van der Waals surface area (Å²) >= 11 is 0. The molecule has 0 unspecified atom stereocenters. The summed E-state index contributed by atoms with van der Waals surface area (Å²) in [5.74, 6) is 0.167. The van der Waals surface area contributed by atoms with Gasteiger partial charge in [0.05, 0.1) is 11.9 Å². The fraction of sp³-hybridized carbons (Fsp3) is 0.167. The molecule has 2 aromatic carbocycles. The highest BCUT2D eigenvalue weighted by molar-refractivity contribution is 6.21. The zero-order valence-electron chi connectivity index (χ0n) is 16.7. The first-order valence-corrected chi connectivity index (χ1v) is 9.19. The predicted octanol–water partition coefficient (Wildman–Crippen LogP) is 4.69.